The van der Waals surface area contributed by atoms with Gasteiger partial charge in [0.05, 0.1) is 11.4 Å². The van der Waals surface area contributed by atoms with Crippen molar-refractivity contribution < 1.29 is 0 Å². The zero-order valence-electron chi connectivity index (χ0n) is 12.3. The first-order valence-corrected chi connectivity index (χ1v) is 8.01. The summed E-state index contributed by atoms with van der Waals surface area (Å²) >= 11 is 1.70. The molecule has 0 N–H and O–H groups in total. The molecule has 0 aliphatic rings. The molecule has 1 aromatic heterocycles. The summed E-state index contributed by atoms with van der Waals surface area (Å²) < 4.78 is 2.27. The van der Waals surface area contributed by atoms with E-state index in [1.54, 1.807) is 11.3 Å². The first-order chi connectivity index (χ1) is 10.3. The summed E-state index contributed by atoms with van der Waals surface area (Å²) in [7, 11) is 0. The molecule has 0 spiro atoms. The van der Waals surface area contributed by atoms with E-state index >= 15 is 0 Å². The van der Waals surface area contributed by atoms with Gasteiger partial charge in [0.2, 0.25) is 0 Å². The second-order valence-corrected chi connectivity index (χ2v) is 5.75. The predicted molar refractivity (Wildman–Crippen MR) is 89.8 cm³/mol. The van der Waals surface area contributed by atoms with E-state index in [0.29, 0.717) is 0 Å². The van der Waals surface area contributed by atoms with Crippen LogP contribution >= 0.6 is 11.3 Å². The van der Waals surface area contributed by atoms with E-state index in [-0.39, 0.29) is 0 Å². The molecular weight excluding hydrogens is 276 g/mol. The molecule has 2 aromatic carbocycles. The van der Waals surface area contributed by atoms with Crippen LogP contribution in [0.2, 0.25) is 0 Å². The van der Waals surface area contributed by atoms with Crippen molar-refractivity contribution in [1.82, 2.24) is 4.57 Å². The third-order valence-electron chi connectivity index (χ3n) is 3.51. The molecule has 21 heavy (non-hydrogen) atoms. The van der Waals surface area contributed by atoms with Crippen molar-refractivity contribution in [2.75, 3.05) is 0 Å². The van der Waals surface area contributed by atoms with Crippen molar-refractivity contribution in [1.29, 1.82) is 0 Å². The maximum atomic E-state index is 4.84. The standard InChI is InChI=1S/C18H18N2S/c1-3-20-17(15-10-5-4-6-11-15)13-21-18(20)19-16-12-8-7-9-14(16)2/h4-13H,3H2,1-2H3. The predicted octanol–water partition coefficient (Wildman–Crippen LogP) is 4.78. The minimum atomic E-state index is 0.915. The minimum absolute atomic E-state index is 0.915. The number of benzene rings is 2. The van der Waals surface area contributed by atoms with Crippen LogP contribution in [0.3, 0.4) is 0 Å². The maximum absolute atomic E-state index is 4.84. The van der Waals surface area contributed by atoms with Crippen LogP contribution in [-0.4, -0.2) is 4.57 Å². The van der Waals surface area contributed by atoms with Gasteiger partial charge in [-0.05, 0) is 31.0 Å². The van der Waals surface area contributed by atoms with Gasteiger partial charge < -0.3 is 4.57 Å². The van der Waals surface area contributed by atoms with Crippen LogP contribution in [0.25, 0.3) is 11.3 Å². The van der Waals surface area contributed by atoms with Gasteiger partial charge >= 0.3 is 0 Å². The lowest BCUT2D eigenvalue weighted by atomic mass is 10.2. The molecule has 0 aliphatic carbocycles. The third-order valence-corrected chi connectivity index (χ3v) is 4.38. The fraction of sp³-hybridized carbons (Fsp3) is 0.167. The Balaban J connectivity index is 2.14. The molecule has 0 bridgehead atoms. The monoisotopic (exact) mass is 294 g/mol. The zero-order chi connectivity index (χ0) is 14.7. The average Bonchev–Trinajstić information content (AvgIpc) is 2.93. The molecule has 0 saturated heterocycles. The first kappa shape index (κ1) is 13.8. The second kappa shape index (κ2) is 6.10. The van der Waals surface area contributed by atoms with E-state index in [4.69, 9.17) is 4.99 Å². The van der Waals surface area contributed by atoms with Crippen molar-refractivity contribution in [3.8, 4) is 11.3 Å². The highest BCUT2D eigenvalue weighted by Crippen LogP contribution is 2.21. The number of thiazole rings is 1. The highest BCUT2D eigenvalue weighted by atomic mass is 32.1. The van der Waals surface area contributed by atoms with Crippen LogP contribution in [-0.2, 0) is 6.54 Å². The summed E-state index contributed by atoms with van der Waals surface area (Å²) in [4.78, 5) is 5.89. The van der Waals surface area contributed by atoms with E-state index in [1.807, 2.05) is 18.2 Å². The maximum Gasteiger partial charge on any atom is 0.190 e. The molecule has 0 amide bonds. The Bertz CT molecular complexity index is 797. The Morgan fingerprint density at radius 1 is 1.00 bits per heavy atom. The van der Waals surface area contributed by atoms with Crippen molar-refractivity contribution in [2.45, 2.75) is 20.4 Å². The Hall–Kier alpha value is -2.13. The van der Waals surface area contributed by atoms with Crippen LogP contribution < -0.4 is 4.80 Å². The van der Waals surface area contributed by atoms with Gasteiger partial charge in [-0.15, -0.1) is 11.3 Å². The Morgan fingerprint density at radius 2 is 1.71 bits per heavy atom. The highest BCUT2D eigenvalue weighted by molar-refractivity contribution is 7.07. The summed E-state index contributed by atoms with van der Waals surface area (Å²) in [5, 5.41) is 2.19. The van der Waals surface area contributed by atoms with Crippen LogP contribution in [0.5, 0.6) is 0 Å². The molecule has 0 aliphatic heterocycles. The van der Waals surface area contributed by atoms with Crippen molar-refractivity contribution in [2.24, 2.45) is 4.99 Å². The van der Waals surface area contributed by atoms with Gasteiger partial charge in [-0.1, -0.05) is 48.5 Å². The number of hydrogen-bond acceptors (Lipinski definition) is 2. The molecule has 0 radical (unpaired) electrons. The lowest BCUT2D eigenvalue weighted by Crippen LogP contribution is -2.14. The highest BCUT2D eigenvalue weighted by Gasteiger charge is 2.06. The largest absolute Gasteiger partial charge is 0.317 e. The SMILES string of the molecule is CCn1c(-c2ccccc2)csc1=Nc1ccccc1C. The fourth-order valence-electron chi connectivity index (χ4n) is 2.36. The van der Waals surface area contributed by atoms with Crippen LogP contribution in [0.15, 0.2) is 65.0 Å². The number of nitrogens with zero attached hydrogens (tertiary/aromatic N) is 2. The van der Waals surface area contributed by atoms with E-state index in [2.05, 4.69) is 60.2 Å². The quantitative estimate of drug-likeness (QED) is 0.661. The van der Waals surface area contributed by atoms with Crippen LogP contribution in [0, 0.1) is 6.92 Å². The van der Waals surface area contributed by atoms with Gasteiger partial charge in [-0.25, -0.2) is 4.99 Å². The number of rotatable bonds is 3. The average molecular weight is 294 g/mol. The number of aromatic nitrogens is 1. The Labute approximate surface area is 129 Å². The fourth-order valence-corrected chi connectivity index (χ4v) is 3.34. The molecule has 2 nitrogen and oxygen atoms in total. The molecular formula is C18H18N2S. The summed E-state index contributed by atoms with van der Waals surface area (Å²) in [6.45, 7) is 5.18. The van der Waals surface area contributed by atoms with Crippen LogP contribution in [0.4, 0.5) is 5.69 Å². The molecule has 3 aromatic rings. The van der Waals surface area contributed by atoms with E-state index in [9.17, 15) is 0 Å². The normalized spacial score (nSPS) is 11.8. The van der Waals surface area contributed by atoms with Gasteiger partial charge in [0.25, 0.3) is 0 Å². The Morgan fingerprint density at radius 3 is 2.43 bits per heavy atom. The zero-order valence-corrected chi connectivity index (χ0v) is 13.1. The molecule has 106 valence electrons. The molecule has 3 heteroatoms. The summed E-state index contributed by atoms with van der Waals surface area (Å²) in [5.74, 6) is 0. The summed E-state index contributed by atoms with van der Waals surface area (Å²) in [5.41, 5.74) is 4.72. The molecule has 0 atom stereocenters. The first-order valence-electron chi connectivity index (χ1n) is 7.13. The van der Waals surface area contributed by atoms with Gasteiger partial charge in [-0.3, -0.25) is 0 Å². The van der Waals surface area contributed by atoms with Crippen LogP contribution in [0.1, 0.15) is 12.5 Å². The molecule has 1 heterocycles. The summed E-state index contributed by atoms with van der Waals surface area (Å²) in [6, 6.07) is 18.7. The van der Waals surface area contributed by atoms with Crippen molar-refractivity contribution in [3.05, 3.63) is 70.3 Å². The smallest absolute Gasteiger partial charge is 0.190 e. The number of para-hydroxylation sites is 1. The number of hydrogen-bond donors (Lipinski definition) is 0. The topological polar surface area (TPSA) is 17.3 Å². The lowest BCUT2D eigenvalue weighted by Gasteiger charge is -2.06. The molecule has 0 saturated carbocycles. The van der Waals surface area contributed by atoms with E-state index in [1.165, 1.54) is 16.8 Å². The van der Waals surface area contributed by atoms with E-state index < -0.39 is 0 Å². The number of aryl methyl sites for hydroxylation is 1. The minimum Gasteiger partial charge on any atom is -0.317 e. The van der Waals surface area contributed by atoms with Crippen molar-refractivity contribution >= 4 is 17.0 Å². The van der Waals surface area contributed by atoms with E-state index in [0.717, 1.165) is 17.0 Å². The summed E-state index contributed by atoms with van der Waals surface area (Å²) in [6.07, 6.45) is 0. The molecule has 3 rings (SSSR count). The molecule has 0 unspecified atom stereocenters. The van der Waals surface area contributed by atoms with Crippen molar-refractivity contribution in [3.63, 3.8) is 0 Å². The van der Waals surface area contributed by atoms with Gasteiger partial charge in [0.15, 0.2) is 4.80 Å². The van der Waals surface area contributed by atoms with Gasteiger partial charge in [0.1, 0.15) is 0 Å². The molecule has 0 fully saturated rings. The van der Waals surface area contributed by atoms with Gasteiger partial charge in [-0.2, -0.15) is 0 Å². The Kier molecular flexibility index (Phi) is 4.02. The lowest BCUT2D eigenvalue weighted by molar-refractivity contribution is 0.744. The third kappa shape index (κ3) is 2.83. The second-order valence-electron chi connectivity index (χ2n) is 4.91. The van der Waals surface area contributed by atoms with Gasteiger partial charge in [0, 0.05) is 11.9 Å².